The molecule has 0 aromatic carbocycles. The molecule has 0 atom stereocenters. The first-order valence-electron chi connectivity index (χ1n) is 1.89. The van der Waals surface area contributed by atoms with Crippen LogP contribution in [0.1, 0.15) is 6.92 Å². The molecule has 0 N–H and O–H groups in total. The molecule has 0 unspecified atom stereocenters. The third-order valence-corrected chi connectivity index (χ3v) is 0.454. The van der Waals surface area contributed by atoms with Crippen molar-refractivity contribution in [3.05, 3.63) is 12.2 Å². The summed E-state index contributed by atoms with van der Waals surface area (Å²) in [6, 6.07) is 0. The first-order chi connectivity index (χ1) is 2.91. The van der Waals surface area contributed by atoms with E-state index in [1.54, 1.807) is 7.11 Å². The van der Waals surface area contributed by atoms with Gasteiger partial charge < -0.3 is 10.8 Å². The van der Waals surface area contributed by atoms with Gasteiger partial charge >= 0.3 is 18.9 Å². The average Bonchev–Trinajstić information content (AvgIpc) is 1.61. The largest absolute Gasteiger partial charge is 1.00 e. The van der Waals surface area contributed by atoms with Crippen LogP contribution in [-0.4, -0.2) is 13.7 Å². The molecular weight excluding hydrogens is 83.0 g/mol. The van der Waals surface area contributed by atoms with Crippen LogP contribution in [0.2, 0.25) is 0 Å². The van der Waals surface area contributed by atoms with Crippen molar-refractivity contribution >= 4 is 0 Å². The maximum atomic E-state index is 4.66. The van der Waals surface area contributed by atoms with E-state index in [0.29, 0.717) is 6.61 Å². The molecule has 36 valence electrons. The molecule has 0 aliphatic heterocycles. The van der Waals surface area contributed by atoms with Crippen molar-refractivity contribution in [2.45, 2.75) is 6.92 Å². The van der Waals surface area contributed by atoms with Crippen molar-refractivity contribution in [3.63, 3.8) is 0 Å². The predicted octanol–water partition coefficient (Wildman–Crippen LogP) is -1.98. The van der Waals surface area contributed by atoms with Crippen LogP contribution in [0.15, 0.2) is 6.08 Å². The number of ether oxygens (including phenoxy) is 1. The van der Waals surface area contributed by atoms with Crippen molar-refractivity contribution in [1.82, 2.24) is 0 Å². The second-order valence-corrected chi connectivity index (χ2v) is 0.948. The Morgan fingerprint density at radius 2 is 2.29 bits per heavy atom. The summed E-state index contributed by atoms with van der Waals surface area (Å²) in [5, 5.41) is 0. The fourth-order valence-corrected chi connectivity index (χ4v) is 0.167. The normalized spacial score (nSPS) is 8.86. The Kier molecular flexibility index (Phi) is 14.1. The molecular formula is C5H9LiO. The Balaban J connectivity index is 0. The van der Waals surface area contributed by atoms with E-state index in [1.807, 2.05) is 13.0 Å². The summed E-state index contributed by atoms with van der Waals surface area (Å²) in [6.45, 7) is 2.52. The number of methoxy groups -OCH3 is 1. The van der Waals surface area contributed by atoms with Crippen LogP contribution < -0.4 is 18.9 Å². The molecule has 0 saturated carbocycles. The summed E-state index contributed by atoms with van der Waals surface area (Å²) in [4.78, 5) is 0. The molecule has 0 aliphatic rings. The van der Waals surface area contributed by atoms with E-state index < -0.39 is 0 Å². The van der Waals surface area contributed by atoms with Gasteiger partial charge in [0, 0.05) is 13.7 Å². The van der Waals surface area contributed by atoms with Gasteiger partial charge in [-0.2, -0.15) is 6.92 Å². The van der Waals surface area contributed by atoms with E-state index in [-0.39, 0.29) is 18.9 Å². The van der Waals surface area contributed by atoms with Crippen LogP contribution in [0.4, 0.5) is 0 Å². The average molecular weight is 92.1 g/mol. The first kappa shape index (κ1) is 10.3. The van der Waals surface area contributed by atoms with Crippen molar-refractivity contribution in [3.8, 4) is 0 Å². The molecule has 0 saturated heterocycles. The van der Waals surface area contributed by atoms with E-state index in [2.05, 4.69) is 10.8 Å². The van der Waals surface area contributed by atoms with Crippen LogP contribution in [0.5, 0.6) is 0 Å². The summed E-state index contributed by atoms with van der Waals surface area (Å²) < 4.78 is 4.66. The smallest absolute Gasteiger partial charge is 0.502 e. The van der Waals surface area contributed by atoms with Crippen LogP contribution in [0.3, 0.4) is 0 Å². The number of rotatable bonds is 2. The number of allylic oxidation sites excluding steroid dienone is 1. The van der Waals surface area contributed by atoms with Gasteiger partial charge in [-0.25, -0.2) is 6.08 Å². The molecule has 0 rings (SSSR count). The second kappa shape index (κ2) is 9.57. The second-order valence-electron chi connectivity index (χ2n) is 0.948. The van der Waals surface area contributed by atoms with E-state index in [9.17, 15) is 0 Å². The summed E-state index contributed by atoms with van der Waals surface area (Å²) in [5.41, 5.74) is 0. The van der Waals surface area contributed by atoms with Gasteiger partial charge in [0.15, 0.2) is 0 Å². The van der Waals surface area contributed by atoms with E-state index in [1.165, 1.54) is 0 Å². The summed E-state index contributed by atoms with van der Waals surface area (Å²) in [5.74, 6) is 0. The molecule has 0 bridgehead atoms. The molecule has 0 aromatic heterocycles. The molecule has 7 heavy (non-hydrogen) atoms. The predicted molar refractivity (Wildman–Crippen MR) is 25.4 cm³/mol. The maximum Gasteiger partial charge on any atom is 1.00 e. The minimum Gasteiger partial charge on any atom is -0.502 e. The van der Waals surface area contributed by atoms with E-state index in [0.717, 1.165) is 0 Å². The van der Waals surface area contributed by atoms with Gasteiger partial charge in [0.05, 0.1) is 0 Å². The molecule has 1 nitrogen and oxygen atoms in total. The summed E-state index contributed by atoms with van der Waals surface area (Å²) in [7, 11) is 1.66. The SMILES string of the molecule is C[C-]=CCOC.[Li+]. The molecule has 0 fully saturated rings. The molecule has 2 heteroatoms. The van der Waals surface area contributed by atoms with Gasteiger partial charge in [-0.3, -0.25) is 0 Å². The summed E-state index contributed by atoms with van der Waals surface area (Å²) in [6.07, 6.45) is 4.65. The van der Waals surface area contributed by atoms with Crippen molar-refractivity contribution in [2.24, 2.45) is 0 Å². The zero-order valence-corrected chi connectivity index (χ0v) is 5.19. The molecule has 0 amide bonds. The van der Waals surface area contributed by atoms with Crippen molar-refractivity contribution in [2.75, 3.05) is 13.7 Å². The summed E-state index contributed by atoms with van der Waals surface area (Å²) >= 11 is 0. The Morgan fingerprint density at radius 3 is 2.43 bits per heavy atom. The zero-order chi connectivity index (χ0) is 4.83. The quantitative estimate of drug-likeness (QED) is 0.283. The molecule has 0 spiro atoms. The molecule has 0 aromatic rings. The topological polar surface area (TPSA) is 9.23 Å². The Hall–Kier alpha value is 0.297. The van der Waals surface area contributed by atoms with Crippen molar-refractivity contribution < 1.29 is 23.6 Å². The first-order valence-corrected chi connectivity index (χ1v) is 1.89. The van der Waals surface area contributed by atoms with Gasteiger partial charge in [0.25, 0.3) is 0 Å². The van der Waals surface area contributed by atoms with Gasteiger partial charge in [0.2, 0.25) is 0 Å². The fraction of sp³-hybridized carbons (Fsp3) is 0.600. The fourth-order valence-electron chi connectivity index (χ4n) is 0.167. The van der Waals surface area contributed by atoms with Gasteiger partial charge in [-0.05, 0) is 0 Å². The standard InChI is InChI=1S/C5H9O.Li/c1-3-4-5-6-2;/h4H,5H2,1-2H3;/q-1;+1. The number of hydrogen-bond donors (Lipinski definition) is 0. The Labute approximate surface area is 56.9 Å². The third kappa shape index (κ3) is 10.7. The Bertz CT molecular complexity index is 43.3. The van der Waals surface area contributed by atoms with E-state index in [4.69, 9.17) is 0 Å². The van der Waals surface area contributed by atoms with Crippen LogP contribution in [-0.2, 0) is 4.74 Å². The molecule has 0 aliphatic carbocycles. The van der Waals surface area contributed by atoms with Gasteiger partial charge in [-0.1, -0.05) is 0 Å². The third-order valence-electron chi connectivity index (χ3n) is 0.454. The van der Waals surface area contributed by atoms with Gasteiger partial charge in [-0.15, -0.1) is 0 Å². The van der Waals surface area contributed by atoms with Crippen molar-refractivity contribution in [1.29, 1.82) is 0 Å². The minimum atomic E-state index is 0. The monoisotopic (exact) mass is 92.1 g/mol. The molecule has 0 radical (unpaired) electrons. The van der Waals surface area contributed by atoms with Crippen LogP contribution in [0, 0.1) is 6.08 Å². The van der Waals surface area contributed by atoms with Crippen LogP contribution >= 0.6 is 0 Å². The maximum absolute atomic E-state index is 4.66. The van der Waals surface area contributed by atoms with E-state index >= 15 is 0 Å². The van der Waals surface area contributed by atoms with Crippen LogP contribution in [0.25, 0.3) is 0 Å². The Morgan fingerprint density at radius 1 is 1.71 bits per heavy atom. The van der Waals surface area contributed by atoms with Gasteiger partial charge in [0.1, 0.15) is 0 Å². The number of hydrogen-bond acceptors (Lipinski definition) is 1. The molecule has 0 heterocycles. The zero-order valence-electron chi connectivity index (χ0n) is 5.19. The minimum absolute atomic E-state index is 0.